The summed E-state index contributed by atoms with van der Waals surface area (Å²) in [5.74, 6) is 3.13. The van der Waals surface area contributed by atoms with Crippen molar-refractivity contribution in [1.29, 1.82) is 0 Å². The molecule has 0 bridgehead atoms. The maximum Gasteiger partial charge on any atom is 0.233 e. The van der Waals surface area contributed by atoms with Crippen LogP contribution >= 0.6 is 11.8 Å². The van der Waals surface area contributed by atoms with E-state index in [4.69, 9.17) is 4.74 Å². The van der Waals surface area contributed by atoms with Crippen molar-refractivity contribution in [2.24, 2.45) is 11.8 Å². The number of imidazole rings is 1. The third-order valence-electron chi connectivity index (χ3n) is 5.72. The van der Waals surface area contributed by atoms with E-state index in [-0.39, 0.29) is 5.91 Å². The molecule has 1 aliphatic heterocycles. The molecule has 1 saturated heterocycles. The number of likely N-dealkylation sites (tertiary alicyclic amines) is 1. The van der Waals surface area contributed by atoms with Crippen LogP contribution in [0.1, 0.15) is 39.0 Å². The Bertz CT molecular complexity index is 776. The SMILES string of the molecule is CCOc1ccc2nc(SCC(=O)N3CC[C@H]4CCCC[C@@H]4C3)[nH]c2c1. The normalized spacial score (nSPS) is 23.0. The van der Waals surface area contributed by atoms with Gasteiger partial charge in [-0.3, -0.25) is 4.79 Å². The van der Waals surface area contributed by atoms with Crippen molar-refractivity contribution in [3.63, 3.8) is 0 Å². The smallest absolute Gasteiger partial charge is 0.233 e. The number of fused-ring (bicyclic) bond motifs is 2. The molecule has 5 nitrogen and oxygen atoms in total. The minimum absolute atomic E-state index is 0.245. The predicted molar refractivity (Wildman–Crippen MR) is 105 cm³/mol. The van der Waals surface area contributed by atoms with E-state index in [9.17, 15) is 4.79 Å². The molecule has 26 heavy (non-hydrogen) atoms. The number of piperidine rings is 1. The van der Waals surface area contributed by atoms with Crippen LogP contribution < -0.4 is 4.74 Å². The van der Waals surface area contributed by atoms with Crippen LogP contribution in [-0.2, 0) is 4.79 Å². The Morgan fingerprint density at radius 3 is 3.00 bits per heavy atom. The van der Waals surface area contributed by atoms with Gasteiger partial charge in [0, 0.05) is 19.2 Å². The van der Waals surface area contributed by atoms with Gasteiger partial charge in [0.05, 0.1) is 23.4 Å². The van der Waals surface area contributed by atoms with E-state index in [2.05, 4.69) is 14.9 Å². The summed E-state index contributed by atoms with van der Waals surface area (Å²) in [7, 11) is 0. The topological polar surface area (TPSA) is 58.2 Å². The van der Waals surface area contributed by atoms with Gasteiger partial charge >= 0.3 is 0 Å². The molecule has 2 atom stereocenters. The second-order valence-corrected chi connectivity index (χ2v) is 8.34. The zero-order valence-electron chi connectivity index (χ0n) is 15.4. The van der Waals surface area contributed by atoms with Crippen molar-refractivity contribution in [3.8, 4) is 5.75 Å². The standard InChI is InChI=1S/C20H27N3O2S/c1-2-25-16-7-8-17-18(11-16)22-20(21-17)26-13-19(24)23-10-9-14-5-3-4-6-15(14)12-23/h7-8,11,14-15H,2-6,9-10,12-13H2,1H3,(H,21,22)/t14-,15-/m1/s1. The summed E-state index contributed by atoms with van der Waals surface area (Å²) in [5, 5.41) is 0.801. The molecular weight excluding hydrogens is 346 g/mol. The van der Waals surface area contributed by atoms with Crippen LogP contribution in [0.4, 0.5) is 0 Å². The number of thioether (sulfide) groups is 1. The predicted octanol–water partition coefficient (Wildman–Crippen LogP) is 4.09. The number of H-pyrrole nitrogens is 1. The van der Waals surface area contributed by atoms with E-state index in [0.29, 0.717) is 12.4 Å². The fraction of sp³-hybridized carbons (Fsp3) is 0.600. The molecule has 1 saturated carbocycles. The second kappa shape index (κ2) is 7.91. The van der Waals surface area contributed by atoms with Crippen molar-refractivity contribution in [2.45, 2.75) is 44.2 Å². The number of aromatic amines is 1. The monoisotopic (exact) mass is 373 g/mol. The summed E-state index contributed by atoms with van der Waals surface area (Å²) in [6, 6.07) is 5.85. The number of carbonyl (C=O) groups excluding carboxylic acids is 1. The van der Waals surface area contributed by atoms with Crippen molar-refractivity contribution >= 4 is 28.7 Å². The maximum atomic E-state index is 12.6. The molecule has 1 amide bonds. The van der Waals surface area contributed by atoms with E-state index >= 15 is 0 Å². The molecule has 2 heterocycles. The van der Waals surface area contributed by atoms with Gasteiger partial charge < -0.3 is 14.6 Å². The summed E-state index contributed by atoms with van der Waals surface area (Å²) in [4.78, 5) is 22.6. The Morgan fingerprint density at radius 1 is 1.31 bits per heavy atom. The van der Waals surface area contributed by atoms with Gasteiger partial charge in [-0.25, -0.2) is 4.98 Å². The lowest BCUT2D eigenvalue weighted by molar-refractivity contribution is -0.131. The zero-order chi connectivity index (χ0) is 17.9. The number of ether oxygens (including phenoxy) is 1. The summed E-state index contributed by atoms with van der Waals surface area (Å²) in [6.07, 6.45) is 6.56. The van der Waals surface area contributed by atoms with Crippen LogP contribution in [0.25, 0.3) is 11.0 Å². The van der Waals surface area contributed by atoms with Gasteiger partial charge in [-0.1, -0.05) is 31.0 Å². The molecule has 2 aliphatic rings. The zero-order valence-corrected chi connectivity index (χ0v) is 16.2. The summed E-state index contributed by atoms with van der Waals surface area (Å²) in [5.41, 5.74) is 1.86. The summed E-state index contributed by atoms with van der Waals surface area (Å²) >= 11 is 1.50. The third-order valence-corrected chi connectivity index (χ3v) is 6.58. The van der Waals surface area contributed by atoms with Gasteiger partial charge in [0.15, 0.2) is 5.16 Å². The van der Waals surface area contributed by atoms with Crippen molar-refractivity contribution in [3.05, 3.63) is 18.2 Å². The number of nitrogens with zero attached hydrogens (tertiary/aromatic N) is 2. The van der Waals surface area contributed by atoms with Crippen LogP contribution in [0.5, 0.6) is 5.75 Å². The highest BCUT2D eigenvalue weighted by Crippen LogP contribution is 2.36. The van der Waals surface area contributed by atoms with Crippen LogP contribution in [0.3, 0.4) is 0 Å². The lowest BCUT2D eigenvalue weighted by Crippen LogP contribution is -2.45. The maximum absolute atomic E-state index is 12.6. The number of hydrogen-bond donors (Lipinski definition) is 1. The Labute approximate surface area is 158 Å². The van der Waals surface area contributed by atoms with Crippen LogP contribution in [-0.4, -0.2) is 46.2 Å². The highest BCUT2D eigenvalue weighted by Gasteiger charge is 2.32. The molecule has 6 heteroatoms. The molecule has 4 rings (SSSR count). The highest BCUT2D eigenvalue weighted by atomic mass is 32.2. The second-order valence-electron chi connectivity index (χ2n) is 7.38. The first-order valence-corrected chi connectivity index (χ1v) is 10.7. The lowest BCUT2D eigenvalue weighted by Gasteiger charge is -2.41. The number of benzene rings is 1. The van der Waals surface area contributed by atoms with E-state index in [1.54, 1.807) is 0 Å². The third kappa shape index (κ3) is 3.85. The van der Waals surface area contributed by atoms with Gasteiger partial charge in [-0.05, 0) is 43.7 Å². The molecule has 0 radical (unpaired) electrons. The highest BCUT2D eigenvalue weighted by molar-refractivity contribution is 7.99. The van der Waals surface area contributed by atoms with Crippen LogP contribution in [0.2, 0.25) is 0 Å². The van der Waals surface area contributed by atoms with E-state index in [1.165, 1.54) is 43.9 Å². The number of hydrogen-bond acceptors (Lipinski definition) is 4. The average molecular weight is 374 g/mol. The van der Waals surface area contributed by atoms with Gasteiger partial charge in [-0.15, -0.1) is 0 Å². The van der Waals surface area contributed by atoms with Crippen molar-refractivity contribution in [2.75, 3.05) is 25.4 Å². The number of nitrogens with one attached hydrogen (secondary N) is 1. The first-order valence-electron chi connectivity index (χ1n) is 9.76. The van der Waals surface area contributed by atoms with Gasteiger partial charge in [-0.2, -0.15) is 0 Å². The van der Waals surface area contributed by atoms with E-state index in [1.807, 2.05) is 25.1 Å². The summed E-state index contributed by atoms with van der Waals surface area (Å²) < 4.78 is 5.53. The first-order chi connectivity index (χ1) is 12.7. The molecule has 0 spiro atoms. The molecule has 1 aromatic heterocycles. The van der Waals surface area contributed by atoms with Gasteiger partial charge in [0.1, 0.15) is 5.75 Å². The van der Waals surface area contributed by atoms with Crippen LogP contribution in [0, 0.1) is 11.8 Å². The lowest BCUT2D eigenvalue weighted by atomic mass is 9.75. The molecule has 2 aromatic rings. The molecule has 2 fully saturated rings. The number of rotatable bonds is 5. The molecule has 140 valence electrons. The van der Waals surface area contributed by atoms with E-state index < -0.39 is 0 Å². The Hall–Kier alpha value is -1.69. The van der Waals surface area contributed by atoms with Crippen LogP contribution in [0.15, 0.2) is 23.4 Å². The van der Waals surface area contributed by atoms with Gasteiger partial charge in [0.25, 0.3) is 0 Å². The molecule has 1 N–H and O–H groups in total. The Balaban J connectivity index is 1.34. The average Bonchev–Trinajstić information content (AvgIpc) is 3.08. The fourth-order valence-corrected chi connectivity index (χ4v) is 5.13. The minimum atomic E-state index is 0.245. The summed E-state index contributed by atoms with van der Waals surface area (Å²) in [6.45, 7) is 4.51. The molecular formula is C20H27N3O2S. The molecule has 0 unspecified atom stereocenters. The van der Waals surface area contributed by atoms with Crippen molar-refractivity contribution in [1.82, 2.24) is 14.9 Å². The molecule has 1 aliphatic carbocycles. The quantitative estimate of drug-likeness (QED) is 0.802. The molecule has 1 aromatic carbocycles. The Kier molecular flexibility index (Phi) is 5.38. The minimum Gasteiger partial charge on any atom is -0.494 e. The fourth-order valence-electron chi connectivity index (χ4n) is 4.34. The Morgan fingerprint density at radius 2 is 2.15 bits per heavy atom. The van der Waals surface area contributed by atoms with E-state index in [0.717, 1.165) is 46.9 Å². The van der Waals surface area contributed by atoms with Crippen molar-refractivity contribution < 1.29 is 9.53 Å². The number of carbonyl (C=O) groups is 1. The van der Waals surface area contributed by atoms with Gasteiger partial charge in [0.2, 0.25) is 5.91 Å². The number of aromatic nitrogens is 2. The largest absolute Gasteiger partial charge is 0.494 e. The first kappa shape index (κ1) is 17.7. The number of amides is 1.